The largest absolute Gasteiger partial charge is 0.330 e. The van der Waals surface area contributed by atoms with Crippen molar-refractivity contribution in [2.45, 2.75) is 34.2 Å². The highest BCUT2D eigenvalue weighted by Crippen LogP contribution is 2.16. The zero-order valence-electron chi connectivity index (χ0n) is 10.7. The van der Waals surface area contributed by atoms with Gasteiger partial charge in [-0.1, -0.05) is 31.1 Å². The van der Waals surface area contributed by atoms with Crippen LogP contribution in [0.4, 0.5) is 0 Å². The molecule has 92 valence electrons. The first-order valence-electron chi connectivity index (χ1n) is 5.69. The molecule has 2 N–H and O–H groups in total. The number of hydrogen-bond donors (Lipinski definition) is 1. The lowest BCUT2D eigenvalue weighted by molar-refractivity contribution is 0.178. The van der Waals surface area contributed by atoms with E-state index in [2.05, 4.69) is 36.0 Å². The van der Waals surface area contributed by atoms with Gasteiger partial charge in [0.2, 0.25) is 0 Å². The third kappa shape index (κ3) is 3.57. The number of aryl methyl sites for hydroxylation is 1. The smallest absolute Gasteiger partial charge is 0.122 e. The second kappa shape index (κ2) is 5.41. The SMILES string of the molecule is CCN(Cc1nonc1C)CC(C)(C)CN. The lowest BCUT2D eigenvalue weighted by atomic mass is 9.93. The Morgan fingerprint density at radius 1 is 1.38 bits per heavy atom. The van der Waals surface area contributed by atoms with Gasteiger partial charge in [0.25, 0.3) is 0 Å². The molecule has 0 spiro atoms. The van der Waals surface area contributed by atoms with Crippen molar-refractivity contribution >= 4 is 0 Å². The van der Waals surface area contributed by atoms with Gasteiger partial charge in [0.15, 0.2) is 0 Å². The minimum absolute atomic E-state index is 0.126. The van der Waals surface area contributed by atoms with Gasteiger partial charge in [0, 0.05) is 13.1 Å². The summed E-state index contributed by atoms with van der Waals surface area (Å²) in [5, 5.41) is 7.68. The normalized spacial score (nSPS) is 12.4. The van der Waals surface area contributed by atoms with Crippen molar-refractivity contribution in [1.82, 2.24) is 15.2 Å². The molecule has 1 rings (SSSR count). The quantitative estimate of drug-likeness (QED) is 0.789. The molecule has 0 saturated heterocycles. The van der Waals surface area contributed by atoms with Crippen LogP contribution in [0, 0.1) is 12.3 Å². The third-order valence-electron chi connectivity index (χ3n) is 2.77. The average Bonchev–Trinajstić information content (AvgIpc) is 2.63. The van der Waals surface area contributed by atoms with Gasteiger partial charge >= 0.3 is 0 Å². The second-order valence-electron chi connectivity index (χ2n) is 4.97. The standard InChI is InChI=1S/C11H22N4O/c1-5-15(8-11(3,4)7-12)6-10-9(2)13-16-14-10/h5-8,12H2,1-4H3. The predicted molar refractivity (Wildman–Crippen MR) is 62.8 cm³/mol. The molecule has 0 bridgehead atoms. The van der Waals surface area contributed by atoms with Crippen LogP contribution in [0.3, 0.4) is 0 Å². The van der Waals surface area contributed by atoms with Gasteiger partial charge in [0.1, 0.15) is 11.4 Å². The molecule has 5 nitrogen and oxygen atoms in total. The first kappa shape index (κ1) is 13.1. The Morgan fingerprint density at radius 3 is 2.50 bits per heavy atom. The summed E-state index contributed by atoms with van der Waals surface area (Å²) in [5.74, 6) is 0. The Labute approximate surface area is 97.0 Å². The zero-order chi connectivity index (χ0) is 12.2. The number of hydrogen-bond acceptors (Lipinski definition) is 5. The lowest BCUT2D eigenvalue weighted by Crippen LogP contribution is -2.38. The number of nitrogens with zero attached hydrogens (tertiary/aromatic N) is 3. The summed E-state index contributed by atoms with van der Waals surface area (Å²) in [5.41, 5.74) is 7.64. The maximum atomic E-state index is 5.74. The molecule has 1 aromatic heterocycles. The fraction of sp³-hybridized carbons (Fsp3) is 0.818. The molecule has 0 aliphatic rings. The molecule has 0 aliphatic carbocycles. The first-order valence-corrected chi connectivity index (χ1v) is 5.69. The molecule has 5 heteroatoms. The summed E-state index contributed by atoms with van der Waals surface area (Å²) in [4.78, 5) is 2.30. The van der Waals surface area contributed by atoms with E-state index >= 15 is 0 Å². The van der Waals surface area contributed by atoms with E-state index < -0.39 is 0 Å². The number of rotatable bonds is 6. The molecular formula is C11H22N4O. The van der Waals surface area contributed by atoms with Gasteiger partial charge in [-0.25, -0.2) is 4.63 Å². The Balaban J connectivity index is 2.59. The molecule has 1 aromatic rings. The first-order chi connectivity index (χ1) is 7.48. The number of aromatic nitrogens is 2. The molecule has 0 unspecified atom stereocenters. The van der Waals surface area contributed by atoms with Crippen molar-refractivity contribution < 1.29 is 4.63 Å². The fourth-order valence-corrected chi connectivity index (χ4v) is 1.55. The highest BCUT2D eigenvalue weighted by Gasteiger charge is 2.20. The fourth-order valence-electron chi connectivity index (χ4n) is 1.55. The van der Waals surface area contributed by atoms with Gasteiger partial charge in [-0.15, -0.1) is 0 Å². The molecule has 16 heavy (non-hydrogen) atoms. The molecule has 0 aliphatic heterocycles. The van der Waals surface area contributed by atoms with Crippen LogP contribution in [-0.2, 0) is 6.54 Å². The van der Waals surface area contributed by atoms with E-state index in [4.69, 9.17) is 10.4 Å². The number of nitrogens with two attached hydrogens (primary N) is 1. The summed E-state index contributed by atoms with van der Waals surface area (Å²) in [6, 6.07) is 0. The highest BCUT2D eigenvalue weighted by atomic mass is 16.6. The van der Waals surface area contributed by atoms with Crippen molar-refractivity contribution in [3.63, 3.8) is 0 Å². The molecule has 0 amide bonds. The summed E-state index contributed by atoms with van der Waals surface area (Å²) >= 11 is 0. The maximum Gasteiger partial charge on any atom is 0.122 e. The van der Waals surface area contributed by atoms with E-state index in [0.29, 0.717) is 6.54 Å². The van der Waals surface area contributed by atoms with Gasteiger partial charge in [-0.3, -0.25) is 4.90 Å². The Morgan fingerprint density at radius 2 is 2.06 bits per heavy atom. The van der Waals surface area contributed by atoms with E-state index in [-0.39, 0.29) is 5.41 Å². The van der Waals surface area contributed by atoms with Crippen molar-refractivity contribution in [1.29, 1.82) is 0 Å². The summed E-state index contributed by atoms with van der Waals surface area (Å²) in [7, 11) is 0. The zero-order valence-corrected chi connectivity index (χ0v) is 10.7. The van der Waals surface area contributed by atoms with E-state index in [1.807, 2.05) is 6.92 Å². The third-order valence-corrected chi connectivity index (χ3v) is 2.77. The van der Waals surface area contributed by atoms with Gasteiger partial charge in [-0.2, -0.15) is 0 Å². The van der Waals surface area contributed by atoms with Crippen LogP contribution in [0.25, 0.3) is 0 Å². The molecule has 0 fully saturated rings. The molecule has 0 saturated carbocycles. The lowest BCUT2D eigenvalue weighted by Gasteiger charge is -2.30. The van der Waals surface area contributed by atoms with Gasteiger partial charge in [0.05, 0.1) is 0 Å². The average molecular weight is 226 g/mol. The van der Waals surface area contributed by atoms with E-state index in [9.17, 15) is 0 Å². The highest BCUT2D eigenvalue weighted by molar-refractivity contribution is 5.04. The van der Waals surface area contributed by atoms with Crippen LogP contribution in [0.15, 0.2) is 4.63 Å². The van der Waals surface area contributed by atoms with Crippen molar-refractivity contribution in [3.05, 3.63) is 11.4 Å². The van der Waals surface area contributed by atoms with Crippen molar-refractivity contribution in [2.24, 2.45) is 11.1 Å². The van der Waals surface area contributed by atoms with Crippen LogP contribution in [0.1, 0.15) is 32.2 Å². The molecule has 1 heterocycles. The van der Waals surface area contributed by atoms with Crippen LogP contribution >= 0.6 is 0 Å². The van der Waals surface area contributed by atoms with Crippen LogP contribution in [0.5, 0.6) is 0 Å². The second-order valence-corrected chi connectivity index (χ2v) is 4.97. The van der Waals surface area contributed by atoms with Crippen molar-refractivity contribution in [3.8, 4) is 0 Å². The van der Waals surface area contributed by atoms with E-state index in [1.54, 1.807) is 0 Å². The molecule has 0 radical (unpaired) electrons. The topological polar surface area (TPSA) is 68.2 Å². The Kier molecular flexibility index (Phi) is 4.44. The predicted octanol–water partition coefficient (Wildman–Crippen LogP) is 1.18. The van der Waals surface area contributed by atoms with Crippen LogP contribution < -0.4 is 5.73 Å². The van der Waals surface area contributed by atoms with Crippen molar-refractivity contribution in [2.75, 3.05) is 19.6 Å². The monoisotopic (exact) mass is 226 g/mol. The molecule has 0 aromatic carbocycles. The van der Waals surface area contributed by atoms with Crippen LogP contribution in [0.2, 0.25) is 0 Å². The summed E-state index contributed by atoms with van der Waals surface area (Å²) < 4.78 is 4.70. The molecular weight excluding hydrogens is 204 g/mol. The Bertz CT molecular complexity index is 322. The summed E-state index contributed by atoms with van der Waals surface area (Å²) in [6.45, 7) is 11.8. The summed E-state index contributed by atoms with van der Waals surface area (Å²) in [6.07, 6.45) is 0. The Hall–Kier alpha value is -0.940. The van der Waals surface area contributed by atoms with E-state index in [0.717, 1.165) is 31.0 Å². The van der Waals surface area contributed by atoms with Crippen LogP contribution in [-0.4, -0.2) is 34.8 Å². The molecule has 0 atom stereocenters. The maximum absolute atomic E-state index is 5.74. The van der Waals surface area contributed by atoms with E-state index in [1.165, 1.54) is 0 Å². The minimum Gasteiger partial charge on any atom is -0.330 e. The minimum atomic E-state index is 0.126. The van der Waals surface area contributed by atoms with Gasteiger partial charge < -0.3 is 5.73 Å². The van der Waals surface area contributed by atoms with Gasteiger partial charge in [-0.05, 0) is 25.4 Å².